The maximum atomic E-state index is 5.51. The Labute approximate surface area is 186 Å². The molecule has 1 saturated heterocycles. The van der Waals surface area contributed by atoms with Crippen molar-refractivity contribution in [2.75, 3.05) is 36.5 Å². The van der Waals surface area contributed by atoms with E-state index in [2.05, 4.69) is 22.1 Å². The minimum absolute atomic E-state index is 0.690. The SMILES string of the molecule is CCC(=Nc1ccc(-c2nc(N3CCOCC3)c3cccn3n2)cc1)Nc1cccnc1. The van der Waals surface area contributed by atoms with Crippen molar-refractivity contribution in [1.29, 1.82) is 0 Å². The molecule has 5 rings (SSSR count). The number of aromatic nitrogens is 4. The summed E-state index contributed by atoms with van der Waals surface area (Å²) in [7, 11) is 0. The van der Waals surface area contributed by atoms with Gasteiger partial charge >= 0.3 is 0 Å². The molecular weight excluding hydrogens is 402 g/mol. The summed E-state index contributed by atoms with van der Waals surface area (Å²) in [5, 5.41) is 8.04. The number of aliphatic imine (C=N–C) groups is 1. The molecule has 1 aliphatic heterocycles. The Balaban J connectivity index is 1.42. The Morgan fingerprint density at radius 2 is 1.94 bits per heavy atom. The molecule has 4 aromatic rings. The zero-order valence-corrected chi connectivity index (χ0v) is 18.0. The number of morpholine rings is 1. The number of benzene rings is 1. The molecule has 3 aromatic heterocycles. The van der Waals surface area contributed by atoms with Crippen molar-refractivity contribution in [3.63, 3.8) is 0 Å². The fourth-order valence-electron chi connectivity index (χ4n) is 3.69. The summed E-state index contributed by atoms with van der Waals surface area (Å²) < 4.78 is 7.40. The van der Waals surface area contributed by atoms with Gasteiger partial charge in [0.2, 0.25) is 0 Å². The van der Waals surface area contributed by atoms with Crippen molar-refractivity contribution >= 4 is 28.5 Å². The van der Waals surface area contributed by atoms with Gasteiger partial charge in [-0.25, -0.2) is 14.5 Å². The lowest BCUT2D eigenvalue weighted by Gasteiger charge is -2.28. The molecule has 8 nitrogen and oxygen atoms in total. The molecule has 4 heterocycles. The summed E-state index contributed by atoms with van der Waals surface area (Å²) in [4.78, 5) is 16.1. The molecule has 1 aliphatic rings. The molecule has 1 aromatic carbocycles. The number of fused-ring (bicyclic) bond motifs is 1. The van der Waals surface area contributed by atoms with Gasteiger partial charge in [-0.05, 0) is 48.5 Å². The molecular formula is C24H25N7O. The maximum Gasteiger partial charge on any atom is 0.182 e. The van der Waals surface area contributed by atoms with Gasteiger partial charge in [0.25, 0.3) is 0 Å². The molecule has 0 atom stereocenters. The molecule has 32 heavy (non-hydrogen) atoms. The first-order chi connectivity index (χ1) is 15.8. The second kappa shape index (κ2) is 9.15. The van der Waals surface area contributed by atoms with Crippen LogP contribution in [0.25, 0.3) is 16.9 Å². The van der Waals surface area contributed by atoms with Gasteiger partial charge in [-0.1, -0.05) is 6.92 Å². The third kappa shape index (κ3) is 4.31. The minimum Gasteiger partial charge on any atom is -0.378 e. The fourth-order valence-corrected chi connectivity index (χ4v) is 3.69. The number of anilines is 2. The predicted octanol–water partition coefficient (Wildman–Crippen LogP) is 4.18. The maximum absolute atomic E-state index is 5.51. The molecule has 0 unspecified atom stereocenters. The summed E-state index contributed by atoms with van der Waals surface area (Å²) in [5.74, 6) is 2.51. The lowest BCUT2D eigenvalue weighted by atomic mass is 10.2. The first kappa shape index (κ1) is 20.1. The zero-order chi connectivity index (χ0) is 21.8. The van der Waals surface area contributed by atoms with E-state index in [4.69, 9.17) is 19.8 Å². The molecule has 0 aliphatic carbocycles. The van der Waals surface area contributed by atoms with Gasteiger partial charge < -0.3 is 15.0 Å². The van der Waals surface area contributed by atoms with Crippen molar-refractivity contribution in [1.82, 2.24) is 19.6 Å². The van der Waals surface area contributed by atoms with Crippen LogP contribution in [0.4, 0.5) is 17.2 Å². The van der Waals surface area contributed by atoms with E-state index in [1.54, 1.807) is 12.4 Å². The van der Waals surface area contributed by atoms with Gasteiger partial charge in [0.1, 0.15) is 11.4 Å². The first-order valence-corrected chi connectivity index (χ1v) is 10.8. The molecule has 0 amide bonds. The smallest absolute Gasteiger partial charge is 0.182 e. The highest BCUT2D eigenvalue weighted by molar-refractivity contribution is 5.96. The Morgan fingerprint density at radius 3 is 2.69 bits per heavy atom. The summed E-state index contributed by atoms with van der Waals surface area (Å²) in [6.07, 6.45) is 6.28. The Hall–Kier alpha value is -3.78. The summed E-state index contributed by atoms with van der Waals surface area (Å²) in [6, 6.07) is 15.9. The second-order valence-corrected chi connectivity index (χ2v) is 7.52. The van der Waals surface area contributed by atoms with Crippen molar-refractivity contribution in [2.45, 2.75) is 13.3 Å². The molecule has 8 heteroatoms. The van der Waals surface area contributed by atoms with E-state index in [1.807, 2.05) is 59.2 Å². The lowest BCUT2D eigenvalue weighted by molar-refractivity contribution is 0.122. The molecule has 0 saturated carbocycles. The van der Waals surface area contributed by atoms with Gasteiger partial charge in [0.15, 0.2) is 11.6 Å². The Bertz CT molecular complexity index is 1210. The number of rotatable bonds is 5. The summed E-state index contributed by atoms with van der Waals surface area (Å²) in [6.45, 7) is 5.16. The van der Waals surface area contributed by atoms with Crippen LogP contribution >= 0.6 is 0 Å². The highest BCUT2D eigenvalue weighted by Gasteiger charge is 2.18. The average molecular weight is 428 g/mol. The highest BCUT2D eigenvalue weighted by Crippen LogP contribution is 2.26. The standard InChI is InChI=1S/C24H25N7O/c1-2-22(27-20-5-3-11-25-17-20)26-19-9-7-18(8-10-19)23-28-24(30-13-15-32-16-14-30)21-6-4-12-31(21)29-23/h3-12,17H,2,13-16H2,1H3,(H,26,27). The molecule has 0 bridgehead atoms. The number of nitrogens with zero attached hydrogens (tertiary/aromatic N) is 6. The zero-order valence-electron chi connectivity index (χ0n) is 18.0. The van der Waals surface area contributed by atoms with E-state index in [1.165, 1.54) is 0 Å². The normalized spacial score (nSPS) is 14.7. The van der Waals surface area contributed by atoms with Crippen LogP contribution in [0.3, 0.4) is 0 Å². The Kier molecular flexibility index (Phi) is 5.76. The van der Waals surface area contributed by atoms with Crippen molar-refractivity contribution in [3.8, 4) is 11.4 Å². The number of hydrogen-bond donors (Lipinski definition) is 1. The largest absolute Gasteiger partial charge is 0.378 e. The van der Waals surface area contributed by atoms with Gasteiger partial charge in [-0.3, -0.25) is 4.98 Å². The Morgan fingerprint density at radius 1 is 1.09 bits per heavy atom. The van der Waals surface area contributed by atoms with Crippen molar-refractivity contribution in [2.24, 2.45) is 4.99 Å². The summed E-state index contributed by atoms with van der Waals surface area (Å²) >= 11 is 0. The van der Waals surface area contributed by atoms with Gasteiger partial charge in [0.05, 0.1) is 30.8 Å². The van der Waals surface area contributed by atoms with Crippen LogP contribution in [0, 0.1) is 0 Å². The topological polar surface area (TPSA) is 79.9 Å². The van der Waals surface area contributed by atoms with Crippen LogP contribution in [0.2, 0.25) is 0 Å². The van der Waals surface area contributed by atoms with Gasteiger partial charge in [-0.2, -0.15) is 0 Å². The third-order valence-electron chi connectivity index (χ3n) is 5.36. The molecule has 162 valence electrons. The molecule has 1 N–H and O–H groups in total. The molecule has 1 fully saturated rings. The predicted molar refractivity (Wildman–Crippen MR) is 127 cm³/mol. The summed E-state index contributed by atoms with van der Waals surface area (Å²) in [5.41, 5.74) is 3.75. The number of amidine groups is 1. The van der Waals surface area contributed by atoms with E-state index >= 15 is 0 Å². The van der Waals surface area contributed by atoms with Crippen LogP contribution in [0.15, 0.2) is 72.1 Å². The number of pyridine rings is 1. The van der Waals surface area contributed by atoms with Gasteiger partial charge in [0, 0.05) is 37.5 Å². The number of ether oxygens (including phenoxy) is 1. The average Bonchev–Trinajstić information content (AvgIpc) is 3.33. The second-order valence-electron chi connectivity index (χ2n) is 7.52. The molecule has 0 radical (unpaired) electrons. The molecule has 0 spiro atoms. The van der Waals surface area contributed by atoms with Crippen LogP contribution in [-0.4, -0.2) is 51.7 Å². The third-order valence-corrected chi connectivity index (χ3v) is 5.36. The van der Waals surface area contributed by atoms with Crippen LogP contribution < -0.4 is 10.2 Å². The van der Waals surface area contributed by atoms with E-state index < -0.39 is 0 Å². The highest BCUT2D eigenvalue weighted by atomic mass is 16.5. The monoisotopic (exact) mass is 427 g/mol. The van der Waals surface area contributed by atoms with Crippen LogP contribution in [-0.2, 0) is 4.74 Å². The van der Waals surface area contributed by atoms with E-state index in [9.17, 15) is 0 Å². The van der Waals surface area contributed by atoms with E-state index in [0.29, 0.717) is 19.0 Å². The number of nitrogens with one attached hydrogen (secondary N) is 1. The first-order valence-electron chi connectivity index (χ1n) is 10.8. The number of hydrogen-bond acceptors (Lipinski definition) is 6. The lowest BCUT2D eigenvalue weighted by Crippen LogP contribution is -2.37. The minimum atomic E-state index is 0.690. The van der Waals surface area contributed by atoms with Crippen molar-refractivity contribution < 1.29 is 4.74 Å². The van der Waals surface area contributed by atoms with Crippen LogP contribution in [0.1, 0.15) is 13.3 Å². The van der Waals surface area contributed by atoms with Gasteiger partial charge in [-0.15, -0.1) is 5.10 Å². The van der Waals surface area contributed by atoms with Crippen molar-refractivity contribution in [3.05, 3.63) is 67.1 Å². The fraction of sp³-hybridized carbons (Fsp3) is 0.250. The quantitative estimate of drug-likeness (QED) is 0.380. The van der Waals surface area contributed by atoms with E-state index in [-0.39, 0.29) is 0 Å². The van der Waals surface area contributed by atoms with Crippen LogP contribution in [0.5, 0.6) is 0 Å². The van der Waals surface area contributed by atoms with E-state index in [0.717, 1.165) is 53.6 Å².